The van der Waals surface area contributed by atoms with E-state index in [0.29, 0.717) is 18.4 Å². The van der Waals surface area contributed by atoms with E-state index in [2.05, 4.69) is 20.4 Å². The van der Waals surface area contributed by atoms with E-state index in [-0.39, 0.29) is 23.0 Å². The first-order valence-corrected chi connectivity index (χ1v) is 9.80. The number of ether oxygens (including phenoxy) is 2. The molecule has 0 aromatic carbocycles. The molecule has 0 amide bonds. The third-order valence-electron chi connectivity index (χ3n) is 9.14. The molecule has 3 N–H and O–H groups in total. The summed E-state index contributed by atoms with van der Waals surface area (Å²) in [4.78, 5) is 13.4. The lowest BCUT2D eigenvalue weighted by Crippen LogP contribution is -2.91. The molecular weight excluding hydrogens is 336 g/mol. The summed E-state index contributed by atoms with van der Waals surface area (Å²) in [6.45, 7) is 8.14. The Balaban J connectivity index is 1.70. The topological polar surface area (TPSA) is 96.2 Å². The van der Waals surface area contributed by atoms with E-state index in [0.717, 1.165) is 12.8 Å². The van der Waals surface area contributed by atoms with Crippen molar-refractivity contribution in [3.05, 3.63) is 12.2 Å². The van der Waals surface area contributed by atoms with Gasteiger partial charge in [0.05, 0.1) is 17.6 Å². The molecule has 4 heterocycles. The Morgan fingerprint density at radius 1 is 1.19 bits per heavy atom. The lowest BCUT2D eigenvalue weighted by atomic mass is 9.34. The molecule has 10 atom stereocenters. The molecule has 0 radical (unpaired) electrons. The van der Waals surface area contributed by atoms with E-state index in [9.17, 15) is 20.1 Å². The molecule has 8 fully saturated rings. The predicted molar refractivity (Wildman–Crippen MR) is 88.4 cm³/mol. The quantitative estimate of drug-likeness (QED) is 0.550. The highest BCUT2D eigenvalue weighted by Crippen LogP contribution is 2.81. The van der Waals surface area contributed by atoms with E-state index in [1.54, 1.807) is 0 Å². The molecule has 7 bridgehead atoms. The van der Waals surface area contributed by atoms with Gasteiger partial charge in [0.1, 0.15) is 11.5 Å². The summed E-state index contributed by atoms with van der Waals surface area (Å²) in [5.41, 5.74) is -2.03. The molecule has 26 heavy (non-hydrogen) atoms. The average Bonchev–Trinajstić information content (AvgIpc) is 2.71. The van der Waals surface area contributed by atoms with Gasteiger partial charge in [-0.3, -0.25) is 4.79 Å². The largest absolute Gasteiger partial charge is 0.392 e. The van der Waals surface area contributed by atoms with Crippen LogP contribution >= 0.6 is 0 Å². The predicted octanol–water partition coefficient (Wildman–Crippen LogP) is 0.740. The average molecular weight is 362 g/mol. The van der Waals surface area contributed by atoms with Crippen molar-refractivity contribution in [3.8, 4) is 0 Å². The van der Waals surface area contributed by atoms with E-state index in [1.807, 2.05) is 0 Å². The molecule has 0 aromatic heterocycles. The molecule has 2 spiro atoms. The number of aliphatic hydroxyl groups is 3. The van der Waals surface area contributed by atoms with Crippen molar-refractivity contribution < 1.29 is 29.6 Å². The zero-order chi connectivity index (χ0) is 18.4. The molecule has 8 aliphatic rings. The maximum atomic E-state index is 13.4. The lowest BCUT2D eigenvalue weighted by molar-refractivity contribution is -0.556. The number of Topliss-reactive ketones (excluding diaryl/α,β-unsaturated/α-hetero) is 1. The number of hydrogen-bond acceptors (Lipinski definition) is 6. The number of rotatable bonds is 0. The fraction of sp³-hybridized carbons (Fsp3) is 0.850. The number of hydrogen-bond donors (Lipinski definition) is 3. The lowest BCUT2D eigenvalue weighted by Gasteiger charge is -2.79. The molecule has 4 saturated heterocycles. The van der Waals surface area contributed by atoms with E-state index >= 15 is 0 Å². The third-order valence-corrected chi connectivity index (χ3v) is 9.14. The van der Waals surface area contributed by atoms with Crippen molar-refractivity contribution in [2.45, 2.75) is 69.9 Å². The minimum atomic E-state index is -1.97. The monoisotopic (exact) mass is 362 g/mol. The van der Waals surface area contributed by atoms with Gasteiger partial charge in [-0.05, 0) is 42.6 Å². The molecule has 4 saturated carbocycles. The SMILES string of the molecule is C=C1C(=O)[C@@]23C4OC5O[C@@]2(O)[C@@H](O)[C@@H]2C(C)(C)CCC(O)C52C3CC[C@@H]14. The van der Waals surface area contributed by atoms with Crippen LogP contribution in [0.15, 0.2) is 12.2 Å². The van der Waals surface area contributed by atoms with Crippen LogP contribution in [0.4, 0.5) is 0 Å². The molecule has 142 valence electrons. The van der Waals surface area contributed by atoms with Crippen molar-refractivity contribution in [3.63, 3.8) is 0 Å². The smallest absolute Gasteiger partial charge is 0.211 e. The van der Waals surface area contributed by atoms with Crippen LogP contribution < -0.4 is 0 Å². The van der Waals surface area contributed by atoms with Crippen LogP contribution in [0.1, 0.15) is 39.5 Å². The van der Waals surface area contributed by atoms with Gasteiger partial charge in [-0.2, -0.15) is 0 Å². The van der Waals surface area contributed by atoms with Gasteiger partial charge in [0, 0.05) is 11.8 Å². The molecule has 4 aliphatic carbocycles. The third kappa shape index (κ3) is 1.19. The highest BCUT2D eigenvalue weighted by molar-refractivity contribution is 6.05. The standard InChI is InChI=1S/C20H26O6/c1-8-9-4-5-10-18-11(21)6-7-17(2,3)12(18)14(23)20(24)19(10,13(8)22)15(9)25-16(18)26-20/h9-12,14-16,21,23-24H,1,4-7H2,2-3H3/t9-,10?,11?,12+,14-,15?,16?,18?,19-,20-/m0/s1. The molecule has 4 aliphatic heterocycles. The van der Waals surface area contributed by atoms with E-state index in [1.165, 1.54) is 0 Å². The van der Waals surface area contributed by atoms with Gasteiger partial charge in [0.15, 0.2) is 12.1 Å². The Labute approximate surface area is 152 Å². The van der Waals surface area contributed by atoms with Crippen molar-refractivity contribution in [1.82, 2.24) is 0 Å². The summed E-state index contributed by atoms with van der Waals surface area (Å²) in [6.07, 6.45) is -0.473. The highest BCUT2D eigenvalue weighted by atomic mass is 16.8. The van der Waals surface area contributed by atoms with E-state index < -0.39 is 47.1 Å². The number of ketones is 1. The molecule has 5 unspecified atom stereocenters. The van der Waals surface area contributed by atoms with Crippen LogP contribution in [0.2, 0.25) is 0 Å². The van der Waals surface area contributed by atoms with Crippen LogP contribution in [-0.2, 0) is 14.3 Å². The fourth-order valence-corrected chi connectivity index (χ4v) is 8.38. The van der Waals surface area contributed by atoms with Crippen molar-refractivity contribution in [1.29, 1.82) is 0 Å². The summed E-state index contributed by atoms with van der Waals surface area (Å²) in [5.74, 6) is -2.99. The zero-order valence-electron chi connectivity index (χ0n) is 15.1. The Kier molecular flexibility index (Phi) is 2.57. The van der Waals surface area contributed by atoms with Gasteiger partial charge < -0.3 is 24.8 Å². The normalized spacial score (nSPS) is 64.0. The Bertz CT molecular complexity index is 761. The van der Waals surface area contributed by atoms with Crippen LogP contribution in [-0.4, -0.2) is 51.5 Å². The van der Waals surface area contributed by atoms with Crippen molar-refractivity contribution >= 4 is 5.78 Å². The fourth-order valence-electron chi connectivity index (χ4n) is 8.38. The second-order valence-electron chi connectivity index (χ2n) is 10.1. The summed E-state index contributed by atoms with van der Waals surface area (Å²) in [5, 5.41) is 34.3. The molecule has 6 heteroatoms. The van der Waals surface area contributed by atoms with Gasteiger partial charge in [-0.25, -0.2) is 0 Å². The Morgan fingerprint density at radius 3 is 2.65 bits per heavy atom. The second kappa shape index (κ2) is 4.13. The van der Waals surface area contributed by atoms with Gasteiger partial charge in [-0.1, -0.05) is 20.4 Å². The highest BCUT2D eigenvalue weighted by Gasteiger charge is 2.92. The van der Waals surface area contributed by atoms with Crippen LogP contribution in [0, 0.1) is 34.0 Å². The maximum Gasteiger partial charge on any atom is 0.211 e. The molecule has 6 nitrogen and oxygen atoms in total. The molecule has 0 aromatic rings. The summed E-state index contributed by atoms with van der Waals surface area (Å²) < 4.78 is 12.3. The zero-order valence-corrected chi connectivity index (χ0v) is 15.1. The maximum absolute atomic E-state index is 13.4. The van der Waals surface area contributed by atoms with Gasteiger partial charge in [0.2, 0.25) is 5.79 Å². The van der Waals surface area contributed by atoms with Crippen LogP contribution in [0.25, 0.3) is 0 Å². The Morgan fingerprint density at radius 2 is 1.92 bits per heavy atom. The Hall–Kier alpha value is -0.790. The first kappa shape index (κ1) is 16.2. The van der Waals surface area contributed by atoms with Crippen LogP contribution in [0.3, 0.4) is 0 Å². The minimum Gasteiger partial charge on any atom is -0.392 e. The summed E-state index contributed by atoms with van der Waals surface area (Å²) >= 11 is 0. The molecule has 8 rings (SSSR count). The number of carbonyl (C=O) groups excluding carboxylic acids is 1. The first-order chi connectivity index (χ1) is 12.1. The van der Waals surface area contributed by atoms with Gasteiger partial charge in [0.25, 0.3) is 0 Å². The summed E-state index contributed by atoms with van der Waals surface area (Å²) in [7, 11) is 0. The first-order valence-electron chi connectivity index (χ1n) is 9.80. The van der Waals surface area contributed by atoms with E-state index in [4.69, 9.17) is 9.47 Å². The number of carbonyl (C=O) groups is 1. The molecular formula is C20H26O6. The van der Waals surface area contributed by atoms with Gasteiger partial charge >= 0.3 is 0 Å². The van der Waals surface area contributed by atoms with Crippen molar-refractivity contribution in [2.75, 3.05) is 0 Å². The second-order valence-corrected chi connectivity index (χ2v) is 10.1. The van der Waals surface area contributed by atoms with Crippen LogP contribution in [0.5, 0.6) is 0 Å². The minimum absolute atomic E-state index is 0.133. The summed E-state index contributed by atoms with van der Waals surface area (Å²) in [6, 6.07) is 0. The van der Waals surface area contributed by atoms with Gasteiger partial charge in [-0.15, -0.1) is 0 Å². The number of aliphatic hydroxyl groups excluding tert-OH is 2. The van der Waals surface area contributed by atoms with Crippen molar-refractivity contribution in [2.24, 2.45) is 34.0 Å².